The summed E-state index contributed by atoms with van der Waals surface area (Å²) in [6.45, 7) is 7.32. The number of nitrogens with one attached hydrogen (secondary N) is 1. The van der Waals surface area contributed by atoms with Gasteiger partial charge < -0.3 is 15.2 Å². The van der Waals surface area contributed by atoms with Crippen molar-refractivity contribution in [3.63, 3.8) is 0 Å². The fourth-order valence-corrected chi connectivity index (χ4v) is 2.22. The quantitative estimate of drug-likeness (QED) is 0.783. The summed E-state index contributed by atoms with van der Waals surface area (Å²) in [6, 6.07) is -0.266. The summed E-state index contributed by atoms with van der Waals surface area (Å²) in [7, 11) is 0. The maximum atomic E-state index is 11.6. The van der Waals surface area contributed by atoms with Crippen molar-refractivity contribution in [2.24, 2.45) is 0 Å². The molecule has 17 heavy (non-hydrogen) atoms. The van der Waals surface area contributed by atoms with Crippen LogP contribution < -0.4 is 5.32 Å². The van der Waals surface area contributed by atoms with Gasteiger partial charge in [0.2, 0.25) is 0 Å². The van der Waals surface area contributed by atoms with Gasteiger partial charge in [0.15, 0.2) is 0 Å². The molecular weight excluding hydrogens is 218 g/mol. The normalized spacial score (nSPS) is 21.7. The Bertz CT molecular complexity index is 264. The molecule has 0 aliphatic heterocycles. The lowest BCUT2D eigenvalue weighted by atomic mass is 9.80. The van der Waals surface area contributed by atoms with Crippen LogP contribution in [0.2, 0.25) is 0 Å². The molecule has 0 spiro atoms. The first-order valence-corrected chi connectivity index (χ1v) is 6.45. The molecule has 0 saturated heterocycles. The van der Waals surface area contributed by atoms with Crippen molar-refractivity contribution in [3.05, 3.63) is 0 Å². The van der Waals surface area contributed by atoms with E-state index in [1.54, 1.807) is 0 Å². The molecule has 4 heteroatoms. The van der Waals surface area contributed by atoms with Crippen molar-refractivity contribution in [3.8, 4) is 0 Å². The van der Waals surface area contributed by atoms with E-state index >= 15 is 0 Å². The lowest BCUT2D eigenvalue weighted by molar-refractivity contribution is -0.0292. The maximum Gasteiger partial charge on any atom is 0.407 e. The van der Waals surface area contributed by atoms with Crippen molar-refractivity contribution in [1.82, 2.24) is 5.32 Å². The van der Waals surface area contributed by atoms with Gasteiger partial charge in [0.25, 0.3) is 0 Å². The number of carbonyl (C=O) groups excluding carboxylic acids is 1. The van der Waals surface area contributed by atoms with Crippen LogP contribution >= 0.6 is 0 Å². The van der Waals surface area contributed by atoms with Crippen molar-refractivity contribution >= 4 is 6.09 Å². The summed E-state index contributed by atoms with van der Waals surface area (Å²) in [6.07, 6.45) is 4.27. The number of amides is 1. The van der Waals surface area contributed by atoms with E-state index in [2.05, 4.69) is 5.32 Å². The topological polar surface area (TPSA) is 58.6 Å². The summed E-state index contributed by atoms with van der Waals surface area (Å²) in [5, 5.41) is 13.2. The van der Waals surface area contributed by atoms with E-state index in [0.717, 1.165) is 25.7 Å². The summed E-state index contributed by atoms with van der Waals surface area (Å²) in [4.78, 5) is 11.6. The van der Waals surface area contributed by atoms with E-state index in [-0.39, 0.29) is 6.04 Å². The Morgan fingerprint density at radius 3 is 2.29 bits per heavy atom. The highest BCUT2D eigenvalue weighted by atomic mass is 16.6. The molecule has 0 aromatic carbocycles. The van der Waals surface area contributed by atoms with Gasteiger partial charge in [-0.2, -0.15) is 0 Å². The van der Waals surface area contributed by atoms with Gasteiger partial charge >= 0.3 is 6.09 Å². The Morgan fingerprint density at radius 2 is 1.82 bits per heavy atom. The maximum absolute atomic E-state index is 11.6. The third-order valence-corrected chi connectivity index (χ3v) is 3.26. The molecule has 100 valence electrons. The van der Waals surface area contributed by atoms with Crippen LogP contribution in [0.15, 0.2) is 0 Å². The summed E-state index contributed by atoms with van der Waals surface area (Å²) in [5.74, 6) is 0. The van der Waals surface area contributed by atoms with Crippen molar-refractivity contribution < 1.29 is 14.6 Å². The summed E-state index contributed by atoms with van der Waals surface area (Å²) >= 11 is 0. The largest absolute Gasteiger partial charge is 0.444 e. The van der Waals surface area contributed by atoms with E-state index in [0.29, 0.717) is 0 Å². The molecule has 1 atom stereocenters. The van der Waals surface area contributed by atoms with Crippen molar-refractivity contribution in [2.45, 2.75) is 77.0 Å². The zero-order valence-electron chi connectivity index (χ0n) is 11.4. The second-order valence-electron chi connectivity index (χ2n) is 6.03. The Labute approximate surface area is 104 Å². The highest BCUT2D eigenvalue weighted by Crippen LogP contribution is 2.30. The first kappa shape index (κ1) is 14.3. The number of rotatable bonds is 2. The molecule has 1 amide bonds. The molecule has 1 aliphatic rings. The van der Waals surface area contributed by atoms with E-state index in [4.69, 9.17) is 4.74 Å². The molecule has 1 aliphatic carbocycles. The van der Waals surface area contributed by atoms with Gasteiger partial charge in [-0.25, -0.2) is 4.79 Å². The van der Waals surface area contributed by atoms with E-state index in [9.17, 15) is 9.90 Å². The number of carbonyl (C=O) groups is 1. The molecule has 0 aromatic heterocycles. The van der Waals surface area contributed by atoms with Gasteiger partial charge in [0, 0.05) is 0 Å². The molecular formula is C13H25NO3. The minimum atomic E-state index is -0.769. The van der Waals surface area contributed by atoms with E-state index in [1.807, 2.05) is 27.7 Å². The van der Waals surface area contributed by atoms with Crippen LogP contribution in [0.4, 0.5) is 4.79 Å². The number of aliphatic hydroxyl groups is 1. The van der Waals surface area contributed by atoms with Gasteiger partial charge in [-0.15, -0.1) is 0 Å². The molecule has 0 bridgehead atoms. The predicted octanol–water partition coefficient (Wildman–Crippen LogP) is 2.59. The lowest BCUT2D eigenvalue weighted by Crippen LogP contribution is -2.52. The van der Waals surface area contributed by atoms with Crippen molar-refractivity contribution in [2.75, 3.05) is 0 Å². The fourth-order valence-electron chi connectivity index (χ4n) is 2.22. The molecule has 1 unspecified atom stereocenters. The van der Waals surface area contributed by atoms with Crippen LogP contribution in [0.1, 0.15) is 59.8 Å². The SMILES string of the molecule is CC(NC(=O)OC(C)(C)C)C1(O)CCCCC1. The number of ether oxygens (including phenoxy) is 1. The molecule has 1 fully saturated rings. The highest BCUT2D eigenvalue weighted by molar-refractivity contribution is 5.68. The standard InChI is InChI=1S/C13H25NO3/c1-10(13(16)8-6-5-7-9-13)14-11(15)17-12(2,3)4/h10,16H,5-9H2,1-4H3,(H,14,15). The minimum absolute atomic E-state index is 0.266. The molecule has 1 saturated carbocycles. The van der Waals surface area contributed by atoms with Gasteiger partial charge in [0.1, 0.15) is 5.60 Å². The van der Waals surface area contributed by atoms with Crippen LogP contribution in [-0.4, -0.2) is 28.4 Å². The average molecular weight is 243 g/mol. The van der Waals surface area contributed by atoms with Crippen LogP contribution in [0, 0.1) is 0 Å². The Balaban J connectivity index is 2.47. The Kier molecular flexibility index (Phi) is 4.42. The highest BCUT2D eigenvalue weighted by Gasteiger charge is 2.36. The van der Waals surface area contributed by atoms with E-state index < -0.39 is 17.3 Å². The zero-order chi connectivity index (χ0) is 13.1. The van der Waals surface area contributed by atoms with Crippen LogP contribution in [0.25, 0.3) is 0 Å². The number of alkyl carbamates (subject to hydrolysis) is 1. The number of hydrogen-bond donors (Lipinski definition) is 2. The van der Waals surface area contributed by atoms with Crippen LogP contribution in [-0.2, 0) is 4.74 Å². The van der Waals surface area contributed by atoms with Crippen LogP contribution in [0.3, 0.4) is 0 Å². The second kappa shape index (κ2) is 5.25. The molecule has 0 radical (unpaired) electrons. The van der Waals surface area contributed by atoms with Crippen molar-refractivity contribution in [1.29, 1.82) is 0 Å². The third-order valence-electron chi connectivity index (χ3n) is 3.26. The second-order valence-corrected chi connectivity index (χ2v) is 6.03. The molecule has 2 N–H and O–H groups in total. The molecule has 1 rings (SSSR count). The van der Waals surface area contributed by atoms with Gasteiger partial charge in [-0.3, -0.25) is 0 Å². The molecule has 4 nitrogen and oxygen atoms in total. The fraction of sp³-hybridized carbons (Fsp3) is 0.923. The monoisotopic (exact) mass is 243 g/mol. The molecule has 0 heterocycles. The first-order valence-electron chi connectivity index (χ1n) is 6.45. The van der Waals surface area contributed by atoms with Gasteiger partial charge in [0.05, 0.1) is 11.6 Å². The zero-order valence-corrected chi connectivity index (χ0v) is 11.4. The predicted molar refractivity (Wildman–Crippen MR) is 66.9 cm³/mol. The number of hydrogen-bond acceptors (Lipinski definition) is 3. The Morgan fingerprint density at radius 1 is 1.29 bits per heavy atom. The summed E-state index contributed by atoms with van der Waals surface area (Å²) < 4.78 is 5.18. The van der Waals surface area contributed by atoms with Gasteiger partial charge in [-0.05, 0) is 40.5 Å². The smallest absolute Gasteiger partial charge is 0.407 e. The van der Waals surface area contributed by atoms with Gasteiger partial charge in [-0.1, -0.05) is 19.3 Å². The average Bonchev–Trinajstić information content (AvgIpc) is 2.15. The third kappa shape index (κ3) is 4.54. The minimum Gasteiger partial charge on any atom is -0.444 e. The Hall–Kier alpha value is -0.770. The molecule has 0 aromatic rings. The van der Waals surface area contributed by atoms with E-state index in [1.165, 1.54) is 6.42 Å². The lowest BCUT2D eigenvalue weighted by Gasteiger charge is -2.37. The summed E-state index contributed by atoms with van der Waals surface area (Å²) in [5.41, 5.74) is -1.27. The van der Waals surface area contributed by atoms with Crippen LogP contribution in [0.5, 0.6) is 0 Å². The first-order chi connectivity index (χ1) is 7.73.